The smallest absolute Gasteiger partial charge is 0.358 e. The molecule has 0 spiro atoms. The molecule has 0 unspecified atom stereocenters. The van der Waals surface area contributed by atoms with Crippen LogP contribution in [0.15, 0.2) is 124 Å². The van der Waals surface area contributed by atoms with E-state index < -0.39 is 92.9 Å². The predicted molar refractivity (Wildman–Crippen MR) is 224 cm³/mol. The quantitative estimate of drug-likeness (QED) is 0.0368. The normalized spacial score (nSPS) is 12.5. The Kier molecular flexibility index (Phi) is 14.0. The van der Waals surface area contributed by atoms with E-state index in [1.54, 1.807) is 0 Å². The van der Waals surface area contributed by atoms with Gasteiger partial charge in [-0.15, -0.1) is 25.6 Å². The standard InChI is InChI=1S/C37H32N8O18S3/c1-61-22-5-9-25(30(16-22)65(55,56)57)39-40-26-17-29(63-13-11-47)27(18-28(26)62-12-10-46)41-42-32-31(66(58,59)60)15-19-14-21(4-8-24(19)35(32)48)45-36(49)33(34(44-45)37(50)51)43-38-20-2-6-23(7-3-20)64(52,53)54/h2-9,14-18,46-49H,10-13H2,1H3,(H,50,51)(H,52,53,54)(H,55,56,57)(H,58,59,60)/b40-39+,42-41+,43-38+. The third-order valence-corrected chi connectivity index (χ3v) is 11.3. The summed E-state index contributed by atoms with van der Waals surface area (Å²) >= 11 is 0. The molecule has 0 bridgehead atoms. The van der Waals surface area contributed by atoms with Crippen molar-refractivity contribution in [3.8, 4) is 34.6 Å². The number of carboxylic acid groups (broad SMARTS) is 1. The lowest BCUT2D eigenvalue weighted by Gasteiger charge is -2.13. The van der Waals surface area contributed by atoms with Crippen molar-refractivity contribution in [3.63, 3.8) is 0 Å². The lowest BCUT2D eigenvalue weighted by Crippen LogP contribution is -2.04. The average molecular weight is 973 g/mol. The molecule has 0 aliphatic rings. The molecule has 0 saturated carbocycles. The van der Waals surface area contributed by atoms with Crippen molar-refractivity contribution in [2.45, 2.75) is 14.7 Å². The number of phenols is 1. The third-order valence-electron chi connectivity index (χ3n) is 8.70. The summed E-state index contributed by atoms with van der Waals surface area (Å²) < 4.78 is 118. The van der Waals surface area contributed by atoms with Gasteiger partial charge in [0.15, 0.2) is 11.4 Å². The number of aliphatic hydroxyl groups is 2. The number of methoxy groups -OCH3 is 1. The molecule has 0 radical (unpaired) electrons. The average Bonchev–Trinajstić information content (AvgIpc) is 3.60. The minimum atomic E-state index is -5.25. The highest BCUT2D eigenvalue weighted by atomic mass is 32.2. The van der Waals surface area contributed by atoms with Gasteiger partial charge in [-0.05, 0) is 66.0 Å². The first kappa shape index (κ1) is 48.0. The van der Waals surface area contributed by atoms with Crippen LogP contribution in [0, 0.1) is 0 Å². The number of fused-ring (bicyclic) bond motifs is 1. The topological polar surface area (TPSA) is 401 Å². The van der Waals surface area contributed by atoms with Gasteiger partial charge in [0.1, 0.15) is 63.0 Å². The van der Waals surface area contributed by atoms with Crippen LogP contribution in [0.25, 0.3) is 16.5 Å². The maximum Gasteiger partial charge on any atom is 0.358 e. The Morgan fingerprint density at radius 1 is 0.652 bits per heavy atom. The SMILES string of the molecule is COc1ccc(/N=N/c2cc(OCCO)c(/N=N/c3c(S(=O)(=O)O)cc4cc(-n5nc(C(=O)O)c(/N=N/c6ccc(S(=O)(=O)O)cc6)c5O)ccc4c3O)cc2OCCO)c(S(=O)(=O)O)c1. The van der Waals surface area contributed by atoms with Gasteiger partial charge in [0.25, 0.3) is 30.4 Å². The maximum atomic E-state index is 12.8. The summed E-state index contributed by atoms with van der Waals surface area (Å²) in [5.41, 5.74) is -3.23. The Hall–Kier alpha value is -7.51. The molecule has 8 N–H and O–H groups in total. The summed E-state index contributed by atoms with van der Waals surface area (Å²) in [5, 5.41) is 78.2. The number of hydrogen-bond acceptors (Lipinski definition) is 21. The number of carboxylic acids is 1. The Balaban J connectivity index is 1.42. The first-order chi connectivity index (χ1) is 31.1. The number of benzene rings is 5. The number of aromatic carboxylic acids is 1. The number of nitrogens with zero attached hydrogens (tertiary/aromatic N) is 8. The van der Waals surface area contributed by atoms with E-state index in [4.69, 9.17) is 14.2 Å². The summed E-state index contributed by atoms with van der Waals surface area (Å²) in [6.45, 7) is -1.75. The molecule has 6 aromatic rings. The molecule has 0 fully saturated rings. The van der Waals surface area contributed by atoms with Crippen LogP contribution in [0.2, 0.25) is 0 Å². The Morgan fingerprint density at radius 3 is 1.77 bits per heavy atom. The zero-order chi connectivity index (χ0) is 48.1. The van der Waals surface area contributed by atoms with Crippen LogP contribution < -0.4 is 14.2 Å². The van der Waals surface area contributed by atoms with Crippen molar-refractivity contribution >= 4 is 81.2 Å². The molecule has 6 rings (SSSR count). The van der Waals surface area contributed by atoms with E-state index in [0.717, 1.165) is 54.6 Å². The molecule has 0 saturated heterocycles. The van der Waals surface area contributed by atoms with Gasteiger partial charge in [0, 0.05) is 23.6 Å². The summed E-state index contributed by atoms with van der Waals surface area (Å²) in [7, 11) is -13.4. The fourth-order valence-electron chi connectivity index (χ4n) is 5.73. The van der Waals surface area contributed by atoms with Crippen LogP contribution in [0.1, 0.15) is 10.5 Å². The lowest BCUT2D eigenvalue weighted by molar-refractivity contribution is 0.0690. The third kappa shape index (κ3) is 10.7. The van der Waals surface area contributed by atoms with Gasteiger partial charge in [0.2, 0.25) is 11.6 Å². The summed E-state index contributed by atoms with van der Waals surface area (Å²) in [6, 6.07) is 14.4. The predicted octanol–water partition coefficient (Wildman–Crippen LogP) is 5.87. The number of ether oxygens (including phenoxy) is 3. The Bertz CT molecular complexity index is 3310. The van der Waals surface area contributed by atoms with Crippen LogP contribution in [-0.2, 0) is 30.4 Å². The van der Waals surface area contributed by atoms with Crippen molar-refractivity contribution in [1.82, 2.24) is 9.78 Å². The zero-order valence-electron chi connectivity index (χ0n) is 33.3. The van der Waals surface area contributed by atoms with E-state index >= 15 is 0 Å². The monoisotopic (exact) mass is 972 g/mol. The fraction of sp³-hybridized carbons (Fsp3) is 0.135. The number of aromatic nitrogens is 2. The van der Waals surface area contributed by atoms with E-state index in [1.807, 2.05) is 0 Å². The molecular weight excluding hydrogens is 941 g/mol. The fourth-order valence-corrected chi connectivity index (χ4v) is 7.51. The number of rotatable bonds is 18. The van der Waals surface area contributed by atoms with Gasteiger partial charge < -0.3 is 39.7 Å². The number of carbonyl (C=O) groups is 1. The van der Waals surface area contributed by atoms with Gasteiger partial charge in [-0.25, -0.2) is 4.79 Å². The second-order valence-electron chi connectivity index (χ2n) is 13.0. The highest BCUT2D eigenvalue weighted by Crippen LogP contribution is 2.46. The minimum Gasteiger partial charge on any atom is -0.505 e. The van der Waals surface area contributed by atoms with E-state index in [9.17, 15) is 69.2 Å². The van der Waals surface area contributed by atoms with E-state index in [2.05, 4.69) is 35.8 Å². The number of phenolic OH excluding ortho intramolecular Hbond substituents is 1. The lowest BCUT2D eigenvalue weighted by atomic mass is 10.1. The first-order valence-corrected chi connectivity index (χ1v) is 22.4. The molecule has 346 valence electrons. The van der Waals surface area contributed by atoms with Gasteiger partial charge >= 0.3 is 5.97 Å². The number of azo groups is 3. The number of aliphatic hydroxyl groups excluding tert-OH is 2. The van der Waals surface area contributed by atoms with E-state index in [-0.39, 0.29) is 69.7 Å². The first-order valence-electron chi connectivity index (χ1n) is 18.1. The van der Waals surface area contributed by atoms with Gasteiger partial charge in [-0.3, -0.25) is 13.7 Å². The van der Waals surface area contributed by atoms with Crippen molar-refractivity contribution in [1.29, 1.82) is 0 Å². The van der Waals surface area contributed by atoms with Crippen molar-refractivity contribution in [3.05, 3.63) is 84.6 Å². The molecule has 5 aromatic carbocycles. The second kappa shape index (κ2) is 19.3. The Morgan fingerprint density at radius 2 is 1.23 bits per heavy atom. The molecule has 0 atom stereocenters. The Labute approximate surface area is 371 Å². The van der Waals surface area contributed by atoms with Gasteiger partial charge in [-0.1, -0.05) is 0 Å². The van der Waals surface area contributed by atoms with Crippen molar-refractivity contribution in [2.75, 3.05) is 33.5 Å². The molecule has 1 heterocycles. The molecule has 1 aromatic heterocycles. The van der Waals surface area contributed by atoms with Crippen molar-refractivity contribution in [2.24, 2.45) is 30.7 Å². The number of aromatic hydroxyl groups is 2. The minimum absolute atomic E-state index is 0.0227. The largest absolute Gasteiger partial charge is 0.505 e. The second-order valence-corrected chi connectivity index (χ2v) is 17.2. The van der Waals surface area contributed by atoms with Crippen LogP contribution in [0.5, 0.6) is 28.9 Å². The molecule has 26 nitrogen and oxygen atoms in total. The van der Waals surface area contributed by atoms with Crippen LogP contribution in [0.3, 0.4) is 0 Å². The van der Waals surface area contributed by atoms with Gasteiger partial charge in [0.05, 0.1) is 36.6 Å². The summed E-state index contributed by atoms with van der Waals surface area (Å²) in [5.74, 6) is -3.77. The molecule has 29 heteroatoms. The highest BCUT2D eigenvalue weighted by molar-refractivity contribution is 7.86. The summed E-state index contributed by atoms with van der Waals surface area (Å²) in [6.07, 6.45) is 0. The molecular formula is C37H32N8O18S3. The summed E-state index contributed by atoms with van der Waals surface area (Å²) in [4.78, 5) is 9.95. The molecule has 66 heavy (non-hydrogen) atoms. The zero-order valence-corrected chi connectivity index (χ0v) is 35.7. The molecule has 0 aliphatic heterocycles. The maximum absolute atomic E-state index is 12.8. The van der Waals surface area contributed by atoms with E-state index in [0.29, 0.717) is 4.68 Å². The van der Waals surface area contributed by atoms with Crippen molar-refractivity contribution < 1.29 is 83.4 Å². The van der Waals surface area contributed by atoms with Crippen LogP contribution in [0.4, 0.5) is 34.1 Å². The van der Waals surface area contributed by atoms with Crippen LogP contribution >= 0.6 is 0 Å². The number of hydrogen-bond donors (Lipinski definition) is 8. The van der Waals surface area contributed by atoms with Crippen LogP contribution in [-0.4, -0.2) is 114 Å². The van der Waals surface area contributed by atoms with E-state index in [1.165, 1.54) is 31.4 Å². The van der Waals surface area contributed by atoms with Gasteiger partial charge in [-0.2, -0.15) is 40.1 Å². The molecule has 0 amide bonds. The highest BCUT2D eigenvalue weighted by Gasteiger charge is 2.27. The molecule has 0 aliphatic carbocycles.